The van der Waals surface area contributed by atoms with Gasteiger partial charge in [-0.2, -0.15) is 0 Å². The van der Waals surface area contributed by atoms with Crippen LogP contribution >= 0.6 is 0 Å². The van der Waals surface area contributed by atoms with E-state index in [0.717, 1.165) is 50.8 Å². The van der Waals surface area contributed by atoms with E-state index in [9.17, 15) is 4.79 Å². The van der Waals surface area contributed by atoms with E-state index in [1.54, 1.807) is 7.11 Å². The van der Waals surface area contributed by atoms with Crippen LogP contribution in [0.3, 0.4) is 0 Å². The summed E-state index contributed by atoms with van der Waals surface area (Å²) in [6.45, 7) is 13.5. The first-order valence-electron chi connectivity index (χ1n) is 12.8. The molecule has 5 atom stereocenters. The maximum absolute atomic E-state index is 12.8. The lowest BCUT2D eigenvalue weighted by atomic mass is 9.46. The summed E-state index contributed by atoms with van der Waals surface area (Å²) in [7, 11) is 1.54. The number of carbonyl (C=O) groups is 1. The zero-order valence-electron chi connectivity index (χ0n) is 20.8. The fourth-order valence-corrected chi connectivity index (χ4v) is 7.57. The fourth-order valence-electron chi connectivity index (χ4n) is 7.57. The van der Waals surface area contributed by atoms with Crippen LogP contribution in [0.25, 0.3) is 0 Å². The summed E-state index contributed by atoms with van der Waals surface area (Å²) >= 11 is 0. The third-order valence-electron chi connectivity index (χ3n) is 9.50. The molecule has 0 unspecified atom stereocenters. The number of aryl methyl sites for hydroxylation is 1. The Morgan fingerprint density at radius 2 is 2.06 bits per heavy atom. The minimum atomic E-state index is -0.369. The average Bonchev–Trinajstić information content (AvgIpc) is 3.21. The van der Waals surface area contributed by atoms with E-state index >= 15 is 0 Å². The highest BCUT2D eigenvalue weighted by Gasteiger charge is 2.57. The first kappa shape index (κ1) is 23.6. The Bertz CT molecular complexity index is 828. The van der Waals surface area contributed by atoms with Crippen LogP contribution < -0.4 is 0 Å². The molecule has 2 saturated carbocycles. The zero-order chi connectivity index (χ0) is 22.9. The first-order chi connectivity index (χ1) is 15.3. The van der Waals surface area contributed by atoms with E-state index in [1.165, 1.54) is 43.4 Å². The maximum atomic E-state index is 12.8. The average molecular weight is 442 g/mol. The number of allylic oxidation sites excluding steroid dienone is 1. The quantitative estimate of drug-likeness (QED) is 0.371. The molecular formula is C28H43NO3. The Balaban J connectivity index is 1.49. The van der Waals surface area contributed by atoms with Crippen molar-refractivity contribution < 1.29 is 13.9 Å². The lowest BCUT2D eigenvalue weighted by Crippen LogP contribution is -2.53. The second-order valence-corrected chi connectivity index (χ2v) is 11.3. The summed E-state index contributed by atoms with van der Waals surface area (Å²) in [5, 5.41) is 0. The number of esters is 1. The van der Waals surface area contributed by atoms with Crippen LogP contribution in [-0.2, 0) is 22.5 Å². The number of rotatable bonds is 6. The van der Waals surface area contributed by atoms with Gasteiger partial charge in [0.2, 0.25) is 0 Å². The highest BCUT2D eigenvalue weighted by molar-refractivity contribution is 5.77. The standard InChI is InChI=1S/C28H43NO3/c1-20-10-13-25-27(3,15-8-16-28(25,4)26(30)31-5)23(20)12-11-22-14-18-32-24(22)19-29-17-7-6-9-21(29)2/h14,18,21,23,25H,1,6-13,15-17,19H2,2-5H3/t21-,23+,25-,27+,28-/m0/s1. The minimum absolute atomic E-state index is 0.0209. The summed E-state index contributed by atoms with van der Waals surface area (Å²) < 4.78 is 11.3. The van der Waals surface area contributed by atoms with E-state index in [4.69, 9.17) is 9.15 Å². The molecule has 1 aliphatic heterocycles. The van der Waals surface area contributed by atoms with Gasteiger partial charge in [-0.3, -0.25) is 9.69 Å². The number of hydrogen-bond donors (Lipinski definition) is 0. The predicted molar refractivity (Wildman–Crippen MR) is 128 cm³/mol. The van der Waals surface area contributed by atoms with Crippen molar-refractivity contribution >= 4 is 5.97 Å². The Morgan fingerprint density at radius 3 is 2.81 bits per heavy atom. The summed E-state index contributed by atoms with van der Waals surface area (Å²) in [4.78, 5) is 15.4. The summed E-state index contributed by atoms with van der Waals surface area (Å²) in [6, 6.07) is 2.81. The van der Waals surface area contributed by atoms with E-state index < -0.39 is 0 Å². The Morgan fingerprint density at radius 1 is 1.25 bits per heavy atom. The van der Waals surface area contributed by atoms with Crippen molar-refractivity contribution in [2.24, 2.45) is 22.7 Å². The van der Waals surface area contributed by atoms with E-state index in [-0.39, 0.29) is 16.8 Å². The zero-order valence-corrected chi connectivity index (χ0v) is 20.8. The number of nitrogens with zero attached hydrogens (tertiary/aromatic N) is 1. The van der Waals surface area contributed by atoms with Gasteiger partial charge in [-0.1, -0.05) is 31.9 Å². The molecule has 1 saturated heterocycles. The number of piperidine rings is 1. The van der Waals surface area contributed by atoms with Crippen LogP contribution in [0, 0.1) is 22.7 Å². The van der Waals surface area contributed by atoms with Crippen molar-refractivity contribution in [3.05, 3.63) is 35.8 Å². The van der Waals surface area contributed by atoms with E-state index in [1.807, 2.05) is 6.26 Å². The number of ether oxygens (including phenoxy) is 1. The molecule has 0 bridgehead atoms. The molecule has 0 aromatic carbocycles. The largest absolute Gasteiger partial charge is 0.469 e. The van der Waals surface area contributed by atoms with Crippen LogP contribution in [0.2, 0.25) is 0 Å². The van der Waals surface area contributed by atoms with Crippen molar-refractivity contribution in [2.45, 2.75) is 97.6 Å². The molecular weight excluding hydrogens is 398 g/mol. The Labute approximate surface area is 194 Å². The lowest BCUT2D eigenvalue weighted by Gasteiger charge is -2.57. The number of carbonyl (C=O) groups excluding carboxylic acids is 1. The molecule has 0 spiro atoms. The molecule has 2 aliphatic carbocycles. The Hall–Kier alpha value is -1.55. The molecule has 4 heteroatoms. The fraction of sp³-hybridized carbons (Fsp3) is 0.750. The van der Waals surface area contributed by atoms with Crippen LogP contribution in [0.5, 0.6) is 0 Å². The van der Waals surface area contributed by atoms with Crippen LogP contribution in [-0.4, -0.2) is 30.6 Å². The second kappa shape index (κ2) is 9.37. The van der Waals surface area contributed by atoms with Gasteiger partial charge < -0.3 is 9.15 Å². The Kier molecular flexibility index (Phi) is 6.91. The molecule has 1 aromatic rings. The summed E-state index contributed by atoms with van der Waals surface area (Å²) in [5.41, 5.74) is 2.48. The highest BCUT2D eigenvalue weighted by atomic mass is 16.5. The van der Waals surface area contributed by atoms with Gasteiger partial charge in [0, 0.05) is 6.04 Å². The monoisotopic (exact) mass is 441 g/mol. The van der Waals surface area contributed by atoms with E-state index in [2.05, 4.69) is 38.3 Å². The van der Waals surface area contributed by atoms with Crippen molar-refractivity contribution in [1.29, 1.82) is 0 Å². The van der Waals surface area contributed by atoms with Gasteiger partial charge in [0.05, 0.1) is 25.3 Å². The van der Waals surface area contributed by atoms with Gasteiger partial charge in [-0.05, 0) is 101 Å². The van der Waals surface area contributed by atoms with Crippen molar-refractivity contribution in [3.63, 3.8) is 0 Å². The molecule has 4 nitrogen and oxygen atoms in total. The third-order valence-corrected chi connectivity index (χ3v) is 9.50. The van der Waals surface area contributed by atoms with Gasteiger partial charge in [0.15, 0.2) is 0 Å². The van der Waals surface area contributed by atoms with Gasteiger partial charge in [0.1, 0.15) is 5.76 Å². The molecule has 3 aliphatic rings. The molecule has 1 aromatic heterocycles. The van der Waals surface area contributed by atoms with Crippen molar-refractivity contribution in [1.82, 2.24) is 4.90 Å². The molecule has 0 amide bonds. The number of methoxy groups -OCH3 is 1. The van der Waals surface area contributed by atoms with Gasteiger partial charge in [-0.15, -0.1) is 0 Å². The maximum Gasteiger partial charge on any atom is 0.311 e. The molecule has 0 radical (unpaired) electrons. The number of likely N-dealkylation sites (tertiary alicyclic amines) is 1. The van der Waals surface area contributed by atoms with Crippen molar-refractivity contribution in [3.8, 4) is 0 Å². The smallest absolute Gasteiger partial charge is 0.311 e. The second-order valence-electron chi connectivity index (χ2n) is 11.3. The van der Waals surface area contributed by atoms with Gasteiger partial charge in [0.25, 0.3) is 0 Å². The van der Waals surface area contributed by atoms with Crippen molar-refractivity contribution in [2.75, 3.05) is 13.7 Å². The number of fused-ring (bicyclic) bond motifs is 1. The molecule has 2 heterocycles. The van der Waals surface area contributed by atoms with Crippen LogP contribution in [0.15, 0.2) is 28.9 Å². The molecule has 178 valence electrons. The third kappa shape index (κ3) is 4.20. The van der Waals surface area contributed by atoms with E-state index in [0.29, 0.717) is 17.9 Å². The molecule has 4 rings (SSSR count). The molecule has 32 heavy (non-hydrogen) atoms. The summed E-state index contributed by atoms with van der Waals surface area (Å²) in [6.07, 6.45) is 13.2. The summed E-state index contributed by atoms with van der Waals surface area (Å²) in [5.74, 6) is 1.93. The normalized spacial score (nSPS) is 36.0. The minimum Gasteiger partial charge on any atom is -0.469 e. The topological polar surface area (TPSA) is 42.7 Å². The van der Waals surface area contributed by atoms with Crippen LogP contribution in [0.4, 0.5) is 0 Å². The number of furan rings is 1. The molecule has 3 fully saturated rings. The predicted octanol–water partition coefficient (Wildman–Crippen LogP) is 6.54. The van der Waals surface area contributed by atoms with Gasteiger partial charge >= 0.3 is 5.97 Å². The van der Waals surface area contributed by atoms with Crippen LogP contribution in [0.1, 0.15) is 89.9 Å². The molecule has 0 N–H and O–H groups in total. The SMILES string of the molecule is C=C1CC[C@H]2[C@](C)(CCC[C@]2(C)C(=O)OC)[C@@H]1CCc1ccoc1CN1CCCC[C@@H]1C. The van der Waals surface area contributed by atoms with Gasteiger partial charge in [-0.25, -0.2) is 0 Å². The lowest BCUT2D eigenvalue weighted by molar-refractivity contribution is -0.168. The highest BCUT2D eigenvalue weighted by Crippen LogP contribution is 2.62. The first-order valence-corrected chi connectivity index (χ1v) is 12.8. The number of hydrogen-bond acceptors (Lipinski definition) is 4.